The molecule has 160 valence electrons. The first-order valence-electron chi connectivity index (χ1n) is 9.34. The summed E-state index contributed by atoms with van der Waals surface area (Å²) >= 11 is 0. The number of aromatic nitrogens is 2. The van der Waals surface area contributed by atoms with Crippen molar-refractivity contribution in [2.24, 2.45) is 0 Å². The Labute approximate surface area is 174 Å². The van der Waals surface area contributed by atoms with Crippen LogP contribution in [0.5, 0.6) is 0 Å². The average Bonchev–Trinajstić information content (AvgIpc) is 3.31. The molecule has 0 radical (unpaired) electrons. The summed E-state index contributed by atoms with van der Waals surface area (Å²) in [6.07, 6.45) is -3.26. The van der Waals surface area contributed by atoms with E-state index in [1.807, 2.05) is 0 Å². The number of hydrogen-bond donors (Lipinski definition) is 1. The number of nitrogens with one attached hydrogen (secondary N) is 1. The van der Waals surface area contributed by atoms with Crippen molar-refractivity contribution < 1.29 is 26.8 Å². The largest absolute Gasteiger partial charge is 0.469 e. The molecule has 4 aromatic rings. The number of para-hydroxylation sites is 1. The van der Waals surface area contributed by atoms with Gasteiger partial charge in [-0.05, 0) is 36.2 Å². The van der Waals surface area contributed by atoms with E-state index in [1.54, 1.807) is 31.2 Å². The van der Waals surface area contributed by atoms with Crippen LogP contribution < -0.4 is 5.32 Å². The summed E-state index contributed by atoms with van der Waals surface area (Å²) in [5, 5.41) is 7.00. The third-order valence-corrected chi connectivity index (χ3v) is 4.92. The number of hydrogen-bond acceptors (Lipinski definition) is 3. The van der Waals surface area contributed by atoms with Gasteiger partial charge in [0.2, 0.25) is 0 Å². The van der Waals surface area contributed by atoms with Crippen LogP contribution in [0.4, 0.5) is 23.4 Å². The van der Waals surface area contributed by atoms with Crippen LogP contribution in [0.15, 0.2) is 59.2 Å². The van der Waals surface area contributed by atoms with Gasteiger partial charge < -0.3 is 9.73 Å². The van der Waals surface area contributed by atoms with Gasteiger partial charge in [0.15, 0.2) is 5.82 Å². The molecule has 0 saturated heterocycles. The molecule has 1 amide bonds. The van der Waals surface area contributed by atoms with E-state index in [1.165, 1.54) is 29.1 Å². The standard InChI is InChI=1S/C22H17F4N3O2/c1-13-16(9-10-31-13)21(30)27-20-17-3-2-4-18(22(24,25)26)19(17)29(28-20)12-15-7-5-14(11-23)6-8-15/h2-10H,11-12H2,1H3,(H,27,28,30). The lowest BCUT2D eigenvalue weighted by molar-refractivity contribution is -0.136. The zero-order chi connectivity index (χ0) is 22.2. The number of alkyl halides is 4. The van der Waals surface area contributed by atoms with E-state index in [0.29, 0.717) is 16.9 Å². The van der Waals surface area contributed by atoms with Crippen LogP contribution in [0.2, 0.25) is 0 Å². The molecule has 0 aliphatic carbocycles. The third-order valence-electron chi connectivity index (χ3n) is 4.92. The van der Waals surface area contributed by atoms with Crippen LogP contribution in [-0.4, -0.2) is 15.7 Å². The lowest BCUT2D eigenvalue weighted by Gasteiger charge is -2.11. The molecule has 2 aromatic carbocycles. The first-order chi connectivity index (χ1) is 14.8. The first kappa shape index (κ1) is 20.6. The highest BCUT2D eigenvalue weighted by molar-refractivity contribution is 6.08. The summed E-state index contributed by atoms with van der Waals surface area (Å²) in [4.78, 5) is 12.6. The Bertz CT molecular complexity index is 1240. The van der Waals surface area contributed by atoms with Crippen molar-refractivity contribution in [2.75, 3.05) is 5.32 Å². The quantitative estimate of drug-likeness (QED) is 0.411. The number of halogens is 4. The third kappa shape index (κ3) is 4.03. The van der Waals surface area contributed by atoms with Crippen LogP contribution in [0, 0.1) is 6.92 Å². The summed E-state index contributed by atoms with van der Waals surface area (Å²) in [5.74, 6) is -0.153. The fraction of sp³-hybridized carbons (Fsp3) is 0.182. The van der Waals surface area contributed by atoms with Crippen molar-refractivity contribution in [1.29, 1.82) is 0 Å². The number of nitrogens with zero attached hydrogens (tertiary/aromatic N) is 2. The molecule has 2 heterocycles. The highest BCUT2D eigenvalue weighted by Gasteiger charge is 2.35. The number of carbonyl (C=O) groups excluding carboxylic acids is 1. The number of amides is 1. The van der Waals surface area contributed by atoms with E-state index in [2.05, 4.69) is 10.4 Å². The molecule has 0 saturated carbocycles. The molecule has 31 heavy (non-hydrogen) atoms. The van der Waals surface area contributed by atoms with Gasteiger partial charge in [-0.25, -0.2) is 4.39 Å². The Morgan fingerprint density at radius 2 is 1.81 bits per heavy atom. The van der Waals surface area contributed by atoms with Gasteiger partial charge in [-0.3, -0.25) is 9.48 Å². The monoisotopic (exact) mass is 431 g/mol. The van der Waals surface area contributed by atoms with Crippen LogP contribution in [0.3, 0.4) is 0 Å². The van der Waals surface area contributed by atoms with Gasteiger partial charge in [0.25, 0.3) is 5.91 Å². The summed E-state index contributed by atoms with van der Waals surface area (Å²) in [6, 6.07) is 11.6. The molecule has 5 nitrogen and oxygen atoms in total. The number of rotatable bonds is 5. The summed E-state index contributed by atoms with van der Waals surface area (Å²) in [5.41, 5.74) is 0.355. The number of aryl methyl sites for hydroxylation is 1. The van der Waals surface area contributed by atoms with Crippen molar-refractivity contribution in [2.45, 2.75) is 26.3 Å². The van der Waals surface area contributed by atoms with Crippen molar-refractivity contribution >= 4 is 22.6 Å². The van der Waals surface area contributed by atoms with Gasteiger partial charge >= 0.3 is 6.18 Å². The van der Waals surface area contributed by atoms with Crippen molar-refractivity contribution in [3.05, 3.63) is 82.8 Å². The zero-order valence-electron chi connectivity index (χ0n) is 16.3. The predicted octanol–water partition coefficient (Wildman–Crippen LogP) is 5.73. The van der Waals surface area contributed by atoms with E-state index in [4.69, 9.17) is 4.42 Å². The van der Waals surface area contributed by atoms with Crippen LogP contribution in [-0.2, 0) is 19.4 Å². The second-order valence-corrected chi connectivity index (χ2v) is 7.00. The van der Waals surface area contributed by atoms with Crippen LogP contribution in [0.1, 0.15) is 32.8 Å². The predicted molar refractivity (Wildman–Crippen MR) is 106 cm³/mol. The molecule has 2 aromatic heterocycles. The maximum atomic E-state index is 13.7. The second kappa shape index (κ2) is 7.90. The molecule has 0 aliphatic rings. The van der Waals surface area contributed by atoms with Crippen molar-refractivity contribution in [1.82, 2.24) is 9.78 Å². The molecular formula is C22H17F4N3O2. The minimum absolute atomic E-state index is 0.00655. The number of fused-ring (bicyclic) bond motifs is 1. The lowest BCUT2D eigenvalue weighted by atomic mass is 10.1. The Kier molecular flexibility index (Phi) is 5.26. The van der Waals surface area contributed by atoms with E-state index in [9.17, 15) is 22.4 Å². The van der Waals surface area contributed by atoms with E-state index in [-0.39, 0.29) is 28.8 Å². The molecule has 0 aliphatic heterocycles. The SMILES string of the molecule is Cc1occc1C(=O)Nc1nn(Cc2ccc(CF)cc2)c2c(C(F)(F)F)cccc12. The highest BCUT2D eigenvalue weighted by Crippen LogP contribution is 2.37. The Morgan fingerprint density at radius 3 is 2.42 bits per heavy atom. The number of benzene rings is 2. The van der Waals surface area contributed by atoms with Gasteiger partial charge in [-0.2, -0.15) is 18.3 Å². The topological polar surface area (TPSA) is 60.1 Å². The summed E-state index contributed by atoms with van der Waals surface area (Å²) in [7, 11) is 0. The maximum Gasteiger partial charge on any atom is 0.418 e. The molecule has 0 fully saturated rings. The minimum atomic E-state index is -4.61. The van der Waals surface area contributed by atoms with Crippen LogP contribution in [0.25, 0.3) is 10.9 Å². The summed E-state index contributed by atoms with van der Waals surface area (Å²) < 4.78 is 60.2. The van der Waals surface area contributed by atoms with E-state index < -0.39 is 24.3 Å². The maximum absolute atomic E-state index is 13.7. The van der Waals surface area contributed by atoms with Crippen LogP contribution >= 0.6 is 0 Å². The van der Waals surface area contributed by atoms with Gasteiger partial charge in [0.05, 0.1) is 29.5 Å². The molecule has 1 N–H and O–H groups in total. The molecule has 0 atom stereocenters. The molecule has 4 rings (SSSR count). The lowest BCUT2D eigenvalue weighted by Crippen LogP contribution is -2.13. The molecular weight excluding hydrogens is 414 g/mol. The van der Waals surface area contributed by atoms with Gasteiger partial charge in [-0.15, -0.1) is 0 Å². The minimum Gasteiger partial charge on any atom is -0.469 e. The Hall–Kier alpha value is -3.62. The summed E-state index contributed by atoms with van der Waals surface area (Å²) in [6.45, 7) is 0.984. The van der Waals surface area contributed by atoms with Crippen molar-refractivity contribution in [3.8, 4) is 0 Å². The second-order valence-electron chi connectivity index (χ2n) is 7.00. The number of carbonyl (C=O) groups is 1. The molecule has 0 spiro atoms. The molecule has 9 heteroatoms. The number of anilines is 1. The Balaban J connectivity index is 1.80. The fourth-order valence-corrected chi connectivity index (χ4v) is 3.37. The normalized spacial score (nSPS) is 11.8. The number of furan rings is 1. The zero-order valence-corrected chi connectivity index (χ0v) is 16.3. The molecule has 0 unspecified atom stereocenters. The van der Waals surface area contributed by atoms with Gasteiger partial charge in [0, 0.05) is 5.39 Å². The molecule has 0 bridgehead atoms. The average molecular weight is 431 g/mol. The highest BCUT2D eigenvalue weighted by atomic mass is 19.4. The fourth-order valence-electron chi connectivity index (χ4n) is 3.37. The van der Waals surface area contributed by atoms with Gasteiger partial charge in [-0.1, -0.05) is 30.3 Å². The van der Waals surface area contributed by atoms with Gasteiger partial charge in [0.1, 0.15) is 12.4 Å². The van der Waals surface area contributed by atoms with Crippen molar-refractivity contribution in [3.63, 3.8) is 0 Å². The smallest absolute Gasteiger partial charge is 0.418 e. The van der Waals surface area contributed by atoms with E-state index >= 15 is 0 Å². The first-order valence-corrected chi connectivity index (χ1v) is 9.34. The van der Waals surface area contributed by atoms with E-state index in [0.717, 1.165) is 6.07 Å². The Morgan fingerprint density at radius 1 is 1.10 bits per heavy atom.